The number of pyridine rings is 1. The fraction of sp³-hybridized carbons (Fsp3) is 0.111. The van der Waals surface area contributed by atoms with Crippen molar-refractivity contribution in [2.24, 2.45) is 0 Å². The van der Waals surface area contributed by atoms with Crippen molar-refractivity contribution < 1.29 is 19.1 Å². The number of carbonyl (C=O) groups is 3. The van der Waals surface area contributed by atoms with E-state index in [1.54, 1.807) is 6.07 Å². The van der Waals surface area contributed by atoms with Crippen molar-refractivity contribution in [3.05, 3.63) is 102 Å². The van der Waals surface area contributed by atoms with Crippen LogP contribution in [0, 0.1) is 6.92 Å². The number of carbonyl (C=O) groups excluding carboxylic acids is 3. The summed E-state index contributed by atoms with van der Waals surface area (Å²) in [5.41, 5.74) is 4.27. The van der Waals surface area contributed by atoms with Crippen LogP contribution >= 0.6 is 0 Å². The number of hydrogen-bond donors (Lipinski definition) is 2. The highest BCUT2D eigenvalue weighted by Gasteiger charge is 2.17. The van der Waals surface area contributed by atoms with Crippen molar-refractivity contribution in [3.63, 3.8) is 0 Å². The van der Waals surface area contributed by atoms with Gasteiger partial charge in [0, 0.05) is 17.5 Å². The van der Waals surface area contributed by atoms with Crippen molar-refractivity contribution in [3.8, 4) is 11.3 Å². The average molecular weight is 453 g/mol. The molecule has 0 bridgehead atoms. The fourth-order valence-corrected chi connectivity index (χ4v) is 3.46. The molecule has 3 aromatic carbocycles. The van der Waals surface area contributed by atoms with Gasteiger partial charge in [-0.2, -0.15) is 0 Å². The maximum atomic E-state index is 12.9. The number of aromatic nitrogens is 1. The molecule has 34 heavy (non-hydrogen) atoms. The molecule has 0 aliphatic heterocycles. The summed E-state index contributed by atoms with van der Waals surface area (Å²) < 4.78 is 5.23. The molecular formula is C27H23N3O4. The number of esters is 1. The summed E-state index contributed by atoms with van der Waals surface area (Å²) in [6, 6.07) is 25.4. The highest BCUT2D eigenvalue weighted by molar-refractivity contribution is 6.05. The van der Waals surface area contributed by atoms with Crippen LogP contribution in [-0.2, 0) is 16.1 Å². The number of urea groups is 1. The minimum Gasteiger partial charge on any atom is -0.452 e. The third-order valence-electron chi connectivity index (χ3n) is 5.14. The first-order valence-electron chi connectivity index (χ1n) is 10.7. The summed E-state index contributed by atoms with van der Waals surface area (Å²) in [5.74, 6) is -1.40. The van der Waals surface area contributed by atoms with Gasteiger partial charge in [-0.25, -0.2) is 14.6 Å². The second-order valence-electron chi connectivity index (χ2n) is 7.73. The van der Waals surface area contributed by atoms with Gasteiger partial charge in [0.1, 0.15) is 0 Å². The van der Waals surface area contributed by atoms with Crippen LogP contribution in [0.1, 0.15) is 21.5 Å². The molecule has 0 saturated carbocycles. The molecule has 0 unspecified atom stereocenters. The Bertz CT molecular complexity index is 1340. The maximum Gasteiger partial charge on any atom is 0.339 e. The van der Waals surface area contributed by atoms with Gasteiger partial charge in [-0.3, -0.25) is 10.1 Å². The molecule has 1 heterocycles. The summed E-state index contributed by atoms with van der Waals surface area (Å²) >= 11 is 0. The predicted octanol–water partition coefficient (Wildman–Crippen LogP) is 4.39. The summed E-state index contributed by atoms with van der Waals surface area (Å²) in [6.45, 7) is 1.60. The van der Waals surface area contributed by atoms with E-state index < -0.39 is 24.5 Å². The molecule has 7 nitrogen and oxygen atoms in total. The lowest BCUT2D eigenvalue weighted by atomic mass is 10.0. The molecule has 0 fully saturated rings. The van der Waals surface area contributed by atoms with Crippen LogP contribution in [0.25, 0.3) is 22.2 Å². The van der Waals surface area contributed by atoms with Crippen LogP contribution in [0.2, 0.25) is 0 Å². The van der Waals surface area contributed by atoms with Crippen LogP contribution in [0.3, 0.4) is 0 Å². The number of ether oxygens (including phenoxy) is 1. The molecule has 170 valence electrons. The van der Waals surface area contributed by atoms with E-state index in [9.17, 15) is 14.4 Å². The molecule has 0 spiro atoms. The Labute approximate surface area is 196 Å². The molecule has 4 aromatic rings. The van der Waals surface area contributed by atoms with Gasteiger partial charge in [0.15, 0.2) is 6.61 Å². The number of nitrogens with one attached hydrogen (secondary N) is 2. The Morgan fingerprint density at radius 1 is 0.882 bits per heavy atom. The molecule has 7 heteroatoms. The lowest BCUT2D eigenvalue weighted by Crippen LogP contribution is -2.41. The number of benzene rings is 3. The Morgan fingerprint density at radius 2 is 1.59 bits per heavy atom. The van der Waals surface area contributed by atoms with E-state index in [0.717, 1.165) is 16.7 Å². The third-order valence-corrected chi connectivity index (χ3v) is 5.14. The van der Waals surface area contributed by atoms with Gasteiger partial charge in [-0.1, -0.05) is 72.3 Å². The summed E-state index contributed by atoms with van der Waals surface area (Å²) in [7, 11) is 0. The first-order valence-corrected chi connectivity index (χ1v) is 10.7. The van der Waals surface area contributed by atoms with E-state index >= 15 is 0 Å². The van der Waals surface area contributed by atoms with Crippen LogP contribution in [0.15, 0.2) is 84.9 Å². The molecule has 1 aromatic heterocycles. The quantitative estimate of drug-likeness (QED) is 0.422. The lowest BCUT2D eigenvalue weighted by molar-refractivity contribution is -0.123. The number of amides is 3. The van der Waals surface area contributed by atoms with Gasteiger partial charge >= 0.3 is 12.0 Å². The van der Waals surface area contributed by atoms with Crippen LogP contribution in [-0.4, -0.2) is 29.5 Å². The zero-order valence-electron chi connectivity index (χ0n) is 18.6. The smallest absolute Gasteiger partial charge is 0.339 e. The van der Waals surface area contributed by atoms with Crippen LogP contribution < -0.4 is 10.6 Å². The van der Waals surface area contributed by atoms with Gasteiger partial charge in [0.2, 0.25) is 0 Å². The van der Waals surface area contributed by atoms with Gasteiger partial charge in [-0.05, 0) is 30.7 Å². The van der Waals surface area contributed by atoms with Crippen molar-refractivity contribution in [2.45, 2.75) is 13.5 Å². The van der Waals surface area contributed by atoms with Gasteiger partial charge < -0.3 is 10.1 Å². The number of imide groups is 1. The second-order valence-corrected chi connectivity index (χ2v) is 7.73. The zero-order valence-corrected chi connectivity index (χ0v) is 18.6. The molecular weight excluding hydrogens is 430 g/mol. The molecule has 3 amide bonds. The Morgan fingerprint density at radius 3 is 2.32 bits per heavy atom. The monoisotopic (exact) mass is 453 g/mol. The summed E-state index contributed by atoms with van der Waals surface area (Å²) in [4.78, 5) is 41.7. The summed E-state index contributed by atoms with van der Waals surface area (Å²) in [5, 5.41) is 5.38. The molecule has 4 rings (SSSR count). The van der Waals surface area contributed by atoms with Crippen molar-refractivity contribution in [1.82, 2.24) is 15.6 Å². The minimum absolute atomic E-state index is 0.268. The molecule has 0 saturated heterocycles. The largest absolute Gasteiger partial charge is 0.452 e. The Balaban J connectivity index is 1.44. The standard InChI is InChI=1S/C27H23N3O4/c1-18-12-13-23-21(14-18)22(15-24(29-23)20-10-6-3-7-11-20)26(32)34-17-25(31)30-27(33)28-16-19-8-4-2-5-9-19/h2-15H,16-17H2,1H3,(H2,28,30,31,33). The van der Waals surface area contributed by atoms with E-state index in [0.29, 0.717) is 22.2 Å². The second kappa shape index (κ2) is 10.4. The van der Waals surface area contributed by atoms with E-state index in [4.69, 9.17) is 4.74 Å². The number of nitrogens with zero attached hydrogens (tertiary/aromatic N) is 1. The van der Waals surface area contributed by atoms with E-state index in [1.807, 2.05) is 85.8 Å². The Kier molecular flexibility index (Phi) is 6.93. The van der Waals surface area contributed by atoms with E-state index in [2.05, 4.69) is 15.6 Å². The molecule has 0 aliphatic carbocycles. The Hall–Kier alpha value is -4.52. The number of rotatable bonds is 6. The van der Waals surface area contributed by atoms with Gasteiger partial charge in [0.05, 0.1) is 16.8 Å². The van der Waals surface area contributed by atoms with Gasteiger partial charge in [0.25, 0.3) is 5.91 Å². The average Bonchev–Trinajstić information content (AvgIpc) is 2.86. The molecule has 2 N–H and O–H groups in total. The van der Waals surface area contributed by atoms with Crippen LogP contribution in [0.4, 0.5) is 4.79 Å². The molecule has 0 atom stereocenters. The zero-order chi connectivity index (χ0) is 23.9. The SMILES string of the molecule is Cc1ccc2nc(-c3ccccc3)cc(C(=O)OCC(=O)NC(=O)NCc3ccccc3)c2c1. The van der Waals surface area contributed by atoms with Crippen molar-refractivity contribution in [2.75, 3.05) is 6.61 Å². The minimum atomic E-state index is -0.725. The number of hydrogen-bond acceptors (Lipinski definition) is 5. The first-order chi connectivity index (χ1) is 16.5. The predicted molar refractivity (Wildman–Crippen MR) is 129 cm³/mol. The first kappa shape index (κ1) is 22.7. The van der Waals surface area contributed by atoms with Crippen molar-refractivity contribution >= 4 is 28.8 Å². The maximum absolute atomic E-state index is 12.9. The fourth-order valence-electron chi connectivity index (χ4n) is 3.46. The van der Waals surface area contributed by atoms with E-state index in [1.165, 1.54) is 0 Å². The number of fused-ring (bicyclic) bond motifs is 1. The number of aryl methyl sites for hydroxylation is 1. The molecule has 0 aliphatic rings. The topological polar surface area (TPSA) is 97.4 Å². The summed E-state index contributed by atoms with van der Waals surface area (Å²) in [6.07, 6.45) is 0. The van der Waals surface area contributed by atoms with Crippen LogP contribution in [0.5, 0.6) is 0 Å². The van der Waals surface area contributed by atoms with E-state index in [-0.39, 0.29) is 6.54 Å². The van der Waals surface area contributed by atoms with Crippen molar-refractivity contribution in [1.29, 1.82) is 0 Å². The van der Waals surface area contributed by atoms with Gasteiger partial charge in [-0.15, -0.1) is 0 Å². The normalized spacial score (nSPS) is 10.5. The molecule has 0 radical (unpaired) electrons. The highest BCUT2D eigenvalue weighted by atomic mass is 16.5. The highest BCUT2D eigenvalue weighted by Crippen LogP contribution is 2.26. The lowest BCUT2D eigenvalue weighted by Gasteiger charge is -2.11. The third kappa shape index (κ3) is 5.63.